The van der Waals surface area contributed by atoms with Crippen molar-refractivity contribution >= 4 is 21.6 Å². The van der Waals surface area contributed by atoms with Gasteiger partial charge in [0.15, 0.2) is 0 Å². The average molecular weight is 313 g/mol. The second kappa shape index (κ2) is 5.76. The summed E-state index contributed by atoms with van der Waals surface area (Å²) in [4.78, 5) is 15.9. The van der Waals surface area contributed by atoms with Crippen LogP contribution in [-0.2, 0) is 13.1 Å². The molecule has 7 nitrogen and oxygen atoms in total. The van der Waals surface area contributed by atoms with Gasteiger partial charge in [-0.15, -0.1) is 0 Å². The van der Waals surface area contributed by atoms with Gasteiger partial charge in [-0.05, 0) is 22.4 Å². The van der Waals surface area contributed by atoms with Gasteiger partial charge in [-0.1, -0.05) is 6.92 Å². The Morgan fingerprint density at radius 2 is 2.39 bits per heavy atom. The van der Waals surface area contributed by atoms with Crippen molar-refractivity contribution in [2.24, 2.45) is 0 Å². The Bertz CT molecular complexity index is 564. The van der Waals surface area contributed by atoms with E-state index < -0.39 is 0 Å². The molecule has 2 aromatic heterocycles. The minimum atomic E-state index is -0.139. The molecule has 0 amide bonds. The van der Waals surface area contributed by atoms with Crippen molar-refractivity contribution in [2.45, 2.75) is 26.4 Å². The standard InChI is InChI=1S/C10H13BrN6O/c1-2-3-17-10(18)9(11)7(4-15-17)12-5-8-13-6-14-16-8/h4,6,12H,2-3,5H2,1H3,(H,13,14,16). The highest BCUT2D eigenvalue weighted by Gasteiger charge is 2.08. The van der Waals surface area contributed by atoms with Crippen molar-refractivity contribution in [3.63, 3.8) is 0 Å². The van der Waals surface area contributed by atoms with Crippen LogP contribution in [0, 0.1) is 0 Å². The normalized spacial score (nSPS) is 10.6. The van der Waals surface area contributed by atoms with E-state index in [-0.39, 0.29) is 5.56 Å². The van der Waals surface area contributed by atoms with Gasteiger partial charge in [0, 0.05) is 6.54 Å². The SMILES string of the molecule is CCCn1ncc(NCc2ncn[nH]2)c(Br)c1=O. The van der Waals surface area contributed by atoms with Crippen LogP contribution in [0.5, 0.6) is 0 Å². The Labute approximate surface area is 112 Å². The van der Waals surface area contributed by atoms with Crippen LogP contribution in [0.3, 0.4) is 0 Å². The van der Waals surface area contributed by atoms with E-state index in [1.807, 2.05) is 6.92 Å². The number of H-pyrrole nitrogens is 1. The monoisotopic (exact) mass is 312 g/mol. The molecule has 0 atom stereocenters. The maximum Gasteiger partial charge on any atom is 0.283 e. The number of anilines is 1. The molecule has 0 aliphatic carbocycles. The van der Waals surface area contributed by atoms with Crippen LogP contribution in [0.4, 0.5) is 5.69 Å². The third-order valence-corrected chi connectivity index (χ3v) is 3.10. The van der Waals surface area contributed by atoms with Gasteiger partial charge in [-0.3, -0.25) is 9.89 Å². The smallest absolute Gasteiger partial charge is 0.283 e. The summed E-state index contributed by atoms with van der Waals surface area (Å²) >= 11 is 3.28. The first kappa shape index (κ1) is 12.7. The summed E-state index contributed by atoms with van der Waals surface area (Å²) in [6.45, 7) is 3.06. The largest absolute Gasteiger partial charge is 0.375 e. The lowest BCUT2D eigenvalue weighted by molar-refractivity contribution is 0.566. The molecule has 2 aromatic rings. The second-order valence-corrected chi connectivity index (χ2v) is 4.48. The summed E-state index contributed by atoms with van der Waals surface area (Å²) in [5.41, 5.74) is 0.503. The van der Waals surface area contributed by atoms with Crippen molar-refractivity contribution in [3.05, 3.63) is 33.2 Å². The lowest BCUT2D eigenvalue weighted by atomic mass is 10.4. The number of hydrogen-bond acceptors (Lipinski definition) is 5. The van der Waals surface area contributed by atoms with Crippen LogP contribution >= 0.6 is 15.9 Å². The Kier molecular flexibility index (Phi) is 4.08. The molecule has 0 aliphatic rings. The van der Waals surface area contributed by atoms with Crippen molar-refractivity contribution in [2.75, 3.05) is 5.32 Å². The number of halogens is 1. The number of aryl methyl sites for hydroxylation is 1. The lowest BCUT2D eigenvalue weighted by Gasteiger charge is -2.08. The maximum atomic E-state index is 11.9. The fourth-order valence-electron chi connectivity index (χ4n) is 1.45. The maximum absolute atomic E-state index is 11.9. The van der Waals surface area contributed by atoms with E-state index in [1.54, 1.807) is 6.20 Å². The van der Waals surface area contributed by atoms with E-state index in [0.29, 0.717) is 29.1 Å². The second-order valence-electron chi connectivity index (χ2n) is 3.69. The average Bonchev–Trinajstić information content (AvgIpc) is 2.87. The summed E-state index contributed by atoms with van der Waals surface area (Å²) in [5.74, 6) is 0.694. The summed E-state index contributed by atoms with van der Waals surface area (Å²) in [5, 5.41) is 13.6. The van der Waals surface area contributed by atoms with E-state index in [0.717, 1.165) is 6.42 Å². The van der Waals surface area contributed by atoms with Crippen molar-refractivity contribution < 1.29 is 0 Å². The molecule has 0 unspecified atom stereocenters. The highest BCUT2D eigenvalue weighted by molar-refractivity contribution is 9.10. The van der Waals surface area contributed by atoms with Crippen LogP contribution in [0.2, 0.25) is 0 Å². The van der Waals surface area contributed by atoms with Crippen LogP contribution < -0.4 is 10.9 Å². The molecule has 0 radical (unpaired) electrons. The Hall–Kier alpha value is -1.70. The van der Waals surface area contributed by atoms with E-state index in [1.165, 1.54) is 11.0 Å². The molecule has 18 heavy (non-hydrogen) atoms. The predicted octanol–water partition coefficient (Wildman–Crippen LogP) is 1.15. The molecule has 0 bridgehead atoms. The van der Waals surface area contributed by atoms with Gasteiger partial charge in [-0.25, -0.2) is 9.67 Å². The molecule has 0 saturated carbocycles. The molecule has 2 N–H and O–H groups in total. The van der Waals surface area contributed by atoms with Crippen molar-refractivity contribution in [3.8, 4) is 0 Å². The van der Waals surface area contributed by atoms with E-state index in [2.05, 4.69) is 41.5 Å². The minimum Gasteiger partial charge on any atom is -0.375 e. The van der Waals surface area contributed by atoms with E-state index in [4.69, 9.17) is 0 Å². The van der Waals surface area contributed by atoms with Gasteiger partial charge in [-0.2, -0.15) is 10.2 Å². The van der Waals surface area contributed by atoms with Gasteiger partial charge in [0.05, 0.1) is 18.4 Å². The first-order valence-electron chi connectivity index (χ1n) is 5.56. The predicted molar refractivity (Wildman–Crippen MR) is 70.2 cm³/mol. The molecule has 0 saturated heterocycles. The van der Waals surface area contributed by atoms with Gasteiger partial charge in [0.25, 0.3) is 5.56 Å². The third kappa shape index (κ3) is 2.76. The zero-order valence-corrected chi connectivity index (χ0v) is 11.4. The van der Waals surface area contributed by atoms with Crippen LogP contribution in [0.25, 0.3) is 0 Å². The molecule has 0 spiro atoms. The number of nitrogens with one attached hydrogen (secondary N) is 2. The zero-order valence-electron chi connectivity index (χ0n) is 9.85. The first-order valence-corrected chi connectivity index (χ1v) is 6.35. The summed E-state index contributed by atoms with van der Waals surface area (Å²) in [6, 6.07) is 0. The third-order valence-electron chi connectivity index (χ3n) is 2.33. The molecular weight excluding hydrogens is 300 g/mol. The highest BCUT2D eigenvalue weighted by Crippen LogP contribution is 2.16. The summed E-state index contributed by atoms with van der Waals surface area (Å²) < 4.78 is 1.91. The lowest BCUT2D eigenvalue weighted by Crippen LogP contribution is -2.24. The Morgan fingerprint density at radius 1 is 1.56 bits per heavy atom. The molecule has 2 rings (SSSR count). The molecular formula is C10H13BrN6O. The molecule has 0 aliphatic heterocycles. The fraction of sp³-hybridized carbons (Fsp3) is 0.400. The molecule has 0 aromatic carbocycles. The summed E-state index contributed by atoms with van der Waals surface area (Å²) in [7, 11) is 0. The van der Waals surface area contributed by atoms with Gasteiger partial charge in [0.1, 0.15) is 16.6 Å². The molecule has 0 fully saturated rings. The highest BCUT2D eigenvalue weighted by atomic mass is 79.9. The Balaban J connectivity index is 2.14. The van der Waals surface area contributed by atoms with Crippen molar-refractivity contribution in [1.29, 1.82) is 0 Å². The number of aromatic nitrogens is 5. The first-order chi connectivity index (χ1) is 8.72. The van der Waals surface area contributed by atoms with E-state index >= 15 is 0 Å². The zero-order chi connectivity index (χ0) is 13.0. The summed E-state index contributed by atoms with van der Waals surface area (Å²) in [6.07, 6.45) is 3.92. The van der Waals surface area contributed by atoms with Crippen LogP contribution in [0.15, 0.2) is 21.8 Å². The number of hydrogen-bond donors (Lipinski definition) is 2. The number of nitrogens with zero attached hydrogens (tertiary/aromatic N) is 4. The topological polar surface area (TPSA) is 88.5 Å². The van der Waals surface area contributed by atoms with Crippen LogP contribution in [-0.4, -0.2) is 25.0 Å². The van der Waals surface area contributed by atoms with E-state index in [9.17, 15) is 4.79 Å². The number of rotatable bonds is 5. The minimum absolute atomic E-state index is 0.139. The quantitative estimate of drug-likeness (QED) is 0.864. The molecule has 96 valence electrons. The van der Waals surface area contributed by atoms with Crippen molar-refractivity contribution in [1.82, 2.24) is 25.0 Å². The molecule has 2 heterocycles. The number of aromatic amines is 1. The molecule has 8 heteroatoms. The van der Waals surface area contributed by atoms with Gasteiger partial charge < -0.3 is 5.32 Å². The Morgan fingerprint density at radius 3 is 3.06 bits per heavy atom. The fourth-order valence-corrected chi connectivity index (χ4v) is 1.90. The van der Waals surface area contributed by atoms with Crippen LogP contribution in [0.1, 0.15) is 19.2 Å². The van der Waals surface area contributed by atoms with Gasteiger partial charge >= 0.3 is 0 Å². The van der Waals surface area contributed by atoms with Gasteiger partial charge in [0.2, 0.25) is 0 Å².